The van der Waals surface area contributed by atoms with Crippen LogP contribution in [-0.2, 0) is 4.74 Å². The molecule has 0 aliphatic carbocycles. The van der Waals surface area contributed by atoms with E-state index >= 15 is 0 Å². The van der Waals surface area contributed by atoms with Crippen LogP contribution in [0.2, 0.25) is 0 Å². The zero-order valence-electron chi connectivity index (χ0n) is 9.29. The molecule has 82 valence electrons. The lowest BCUT2D eigenvalue weighted by Crippen LogP contribution is -2.38. The van der Waals surface area contributed by atoms with Crippen LogP contribution in [0.4, 0.5) is 0 Å². The molecule has 14 heavy (non-hydrogen) atoms. The van der Waals surface area contributed by atoms with Gasteiger partial charge < -0.3 is 15.8 Å². The number of aliphatic imine (C=N–C) groups is 1. The average molecular weight is 199 g/mol. The van der Waals surface area contributed by atoms with Crippen molar-refractivity contribution >= 4 is 5.96 Å². The Labute approximate surface area is 85.9 Å². The van der Waals surface area contributed by atoms with Gasteiger partial charge in [-0.15, -0.1) is 0 Å². The van der Waals surface area contributed by atoms with E-state index in [0.717, 1.165) is 19.4 Å². The van der Waals surface area contributed by atoms with Crippen molar-refractivity contribution in [1.82, 2.24) is 5.32 Å². The summed E-state index contributed by atoms with van der Waals surface area (Å²) in [5.41, 5.74) is 5.75. The highest BCUT2D eigenvalue weighted by atomic mass is 16.5. The normalized spacial score (nSPS) is 29.3. The predicted octanol–water partition coefficient (Wildman–Crippen LogP) is 0.867. The van der Waals surface area contributed by atoms with E-state index in [1.807, 2.05) is 0 Å². The Hall–Kier alpha value is -0.770. The van der Waals surface area contributed by atoms with Gasteiger partial charge in [-0.3, -0.25) is 0 Å². The van der Waals surface area contributed by atoms with Crippen molar-refractivity contribution in [3.63, 3.8) is 0 Å². The van der Waals surface area contributed by atoms with Gasteiger partial charge in [-0.25, -0.2) is 4.99 Å². The van der Waals surface area contributed by atoms with Crippen molar-refractivity contribution in [3.05, 3.63) is 0 Å². The summed E-state index contributed by atoms with van der Waals surface area (Å²) in [7, 11) is 0. The van der Waals surface area contributed by atoms with E-state index in [0.29, 0.717) is 24.1 Å². The molecule has 1 saturated heterocycles. The summed E-state index contributed by atoms with van der Waals surface area (Å²) in [6, 6.07) is 0.668. The second-order valence-electron chi connectivity index (χ2n) is 4.17. The van der Waals surface area contributed by atoms with E-state index in [2.05, 4.69) is 31.1 Å². The SMILES string of the molecule is CC(C)NC(N)=NC1CCOC(C)C1. The summed E-state index contributed by atoms with van der Waals surface area (Å²) in [4.78, 5) is 4.43. The topological polar surface area (TPSA) is 59.6 Å². The molecule has 1 heterocycles. The van der Waals surface area contributed by atoms with Crippen LogP contribution in [0, 0.1) is 0 Å². The molecule has 0 saturated carbocycles. The van der Waals surface area contributed by atoms with Crippen molar-refractivity contribution in [3.8, 4) is 0 Å². The minimum Gasteiger partial charge on any atom is -0.378 e. The first-order valence-corrected chi connectivity index (χ1v) is 5.29. The third-order valence-electron chi connectivity index (χ3n) is 2.22. The summed E-state index contributed by atoms with van der Waals surface area (Å²) >= 11 is 0. The molecule has 3 N–H and O–H groups in total. The van der Waals surface area contributed by atoms with Crippen LogP contribution in [0.3, 0.4) is 0 Å². The van der Waals surface area contributed by atoms with Crippen molar-refractivity contribution < 1.29 is 4.74 Å². The third kappa shape index (κ3) is 3.96. The highest BCUT2D eigenvalue weighted by molar-refractivity contribution is 5.78. The van der Waals surface area contributed by atoms with Gasteiger partial charge >= 0.3 is 0 Å². The number of rotatable bonds is 2. The van der Waals surface area contributed by atoms with Gasteiger partial charge in [-0.2, -0.15) is 0 Å². The van der Waals surface area contributed by atoms with E-state index in [9.17, 15) is 0 Å². The molecule has 1 fully saturated rings. The van der Waals surface area contributed by atoms with E-state index in [-0.39, 0.29) is 0 Å². The molecule has 4 heteroatoms. The summed E-state index contributed by atoms with van der Waals surface area (Å²) in [6.45, 7) is 6.97. The van der Waals surface area contributed by atoms with Crippen molar-refractivity contribution in [2.24, 2.45) is 10.7 Å². The molecule has 0 aromatic rings. The molecule has 1 aliphatic heterocycles. The largest absolute Gasteiger partial charge is 0.378 e. The second-order valence-corrected chi connectivity index (χ2v) is 4.17. The maximum absolute atomic E-state index is 5.75. The number of guanidine groups is 1. The van der Waals surface area contributed by atoms with Crippen LogP contribution in [0.5, 0.6) is 0 Å². The number of hydrogen-bond donors (Lipinski definition) is 2. The molecule has 0 amide bonds. The Morgan fingerprint density at radius 2 is 2.29 bits per heavy atom. The van der Waals surface area contributed by atoms with Crippen LogP contribution >= 0.6 is 0 Å². The summed E-state index contributed by atoms with van der Waals surface area (Å²) < 4.78 is 5.44. The van der Waals surface area contributed by atoms with Gasteiger partial charge in [0.15, 0.2) is 5.96 Å². The number of ether oxygens (including phenoxy) is 1. The van der Waals surface area contributed by atoms with Crippen LogP contribution in [0.1, 0.15) is 33.6 Å². The Morgan fingerprint density at radius 3 is 2.86 bits per heavy atom. The Balaban J connectivity index is 2.40. The first-order chi connectivity index (χ1) is 6.58. The lowest BCUT2D eigenvalue weighted by Gasteiger charge is -2.25. The van der Waals surface area contributed by atoms with Gasteiger partial charge in [-0.1, -0.05) is 0 Å². The number of hydrogen-bond acceptors (Lipinski definition) is 2. The molecule has 0 bridgehead atoms. The molecular formula is C10H21N3O. The van der Waals surface area contributed by atoms with Crippen LogP contribution in [-0.4, -0.2) is 30.8 Å². The molecular weight excluding hydrogens is 178 g/mol. The minimum absolute atomic E-state index is 0.310. The fourth-order valence-electron chi connectivity index (χ4n) is 1.62. The summed E-state index contributed by atoms with van der Waals surface area (Å²) in [5, 5.41) is 3.09. The Morgan fingerprint density at radius 1 is 1.57 bits per heavy atom. The maximum atomic E-state index is 5.75. The van der Waals surface area contributed by atoms with Gasteiger partial charge in [0, 0.05) is 12.6 Å². The lowest BCUT2D eigenvalue weighted by atomic mass is 10.1. The van der Waals surface area contributed by atoms with E-state index in [1.54, 1.807) is 0 Å². The Bertz CT molecular complexity index is 204. The lowest BCUT2D eigenvalue weighted by molar-refractivity contribution is 0.0204. The van der Waals surface area contributed by atoms with E-state index in [1.165, 1.54) is 0 Å². The van der Waals surface area contributed by atoms with Crippen LogP contribution < -0.4 is 11.1 Å². The molecule has 1 rings (SSSR count). The fraction of sp³-hybridized carbons (Fsp3) is 0.900. The molecule has 4 nitrogen and oxygen atoms in total. The highest BCUT2D eigenvalue weighted by Gasteiger charge is 2.18. The Kier molecular flexibility index (Phi) is 4.20. The molecule has 2 atom stereocenters. The van der Waals surface area contributed by atoms with Crippen LogP contribution in [0.15, 0.2) is 4.99 Å². The quantitative estimate of drug-likeness (QED) is 0.512. The first-order valence-electron chi connectivity index (χ1n) is 5.29. The zero-order chi connectivity index (χ0) is 10.6. The van der Waals surface area contributed by atoms with E-state index in [4.69, 9.17) is 10.5 Å². The standard InChI is InChI=1S/C10H21N3O/c1-7(2)12-10(11)13-9-4-5-14-8(3)6-9/h7-9H,4-6H2,1-3H3,(H3,11,12,13). The van der Waals surface area contributed by atoms with Crippen LogP contribution in [0.25, 0.3) is 0 Å². The summed E-state index contributed by atoms with van der Waals surface area (Å²) in [6.07, 6.45) is 2.26. The summed E-state index contributed by atoms with van der Waals surface area (Å²) in [5.74, 6) is 0.555. The van der Waals surface area contributed by atoms with E-state index < -0.39 is 0 Å². The van der Waals surface area contributed by atoms with Gasteiger partial charge in [0.25, 0.3) is 0 Å². The molecule has 0 aromatic heterocycles. The highest BCUT2D eigenvalue weighted by Crippen LogP contribution is 2.15. The monoisotopic (exact) mass is 199 g/mol. The molecule has 0 radical (unpaired) electrons. The fourth-order valence-corrected chi connectivity index (χ4v) is 1.62. The smallest absolute Gasteiger partial charge is 0.189 e. The third-order valence-corrected chi connectivity index (χ3v) is 2.22. The number of nitrogens with one attached hydrogen (secondary N) is 1. The van der Waals surface area contributed by atoms with Crippen molar-refractivity contribution in [1.29, 1.82) is 0 Å². The van der Waals surface area contributed by atoms with Crippen molar-refractivity contribution in [2.45, 2.75) is 51.8 Å². The molecule has 2 unspecified atom stereocenters. The maximum Gasteiger partial charge on any atom is 0.189 e. The zero-order valence-corrected chi connectivity index (χ0v) is 9.29. The average Bonchev–Trinajstić information content (AvgIpc) is 2.01. The molecule has 1 aliphatic rings. The number of nitrogens with two attached hydrogens (primary N) is 1. The van der Waals surface area contributed by atoms with Crippen molar-refractivity contribution in [2.75, 3.05) is 6.61 Å². The van der Waals surface area contributed by atoms with Gasteiger partial charge in [-0.05, 0) is 33.6 Å². The van der Waals surface area contributed by atoms with Gasteiger partial charge in [0.2, 0.25) is 0 Å². The first kappa shape index (κ1) is 11.3. The van der Waals surface area contributed by atoms with Gasteiger partial charge in [0.1, 0.15) is 0 Å². The minimum atomic E-state index is 0.310. The van der Waals surface area contributed by atoms with Gasteiger partial charge in [0.05, 0.1) is 12.1 Å². The number of nitrogens with zero attached hydrogens (tertiary/aromatic N) is 1. The molecule has 0 aromatic carbocycles. The second kappa shape index (κ2) is 5.20. The predicted molar refractivity (Wildman–Crippen MR) is 58.3 cm³/mol. The molecule has 0 spiro atoms.